The van der Waals surface area contributed by atoms with Crippen molar-refractivity contribution in [3.8, 4) is 0 Å². The highest BCUT2D eigenvalue weighted by Gasteiger charge is 2.48. The number of rotatable bonds is 3. The zero-order valence-electron chi connectivity index (χ0n) is 8.66. The Kier molecular flexibility index (Phi) is 2.81. The van der Waals surface area contributed by atoms with Crippen LogP contribution in [0.25, 0.3) is 0 Å². The molecule has 0 aliphatic heterocycles. The molecule has 0 atom stereocenters. The number of benzene rings is 1. The van der Waals surface area contributed by atoms with Crippen LogP contribution in [0.2, 0.25) is 0 Å². The van der Waals surface area contributed by atoms with Crippen molar-refractivity contribution < 1.29 is 21.6 Å². The van der Waals surface area contributed by atoms with Gasteiger partial charge >= 0.3 is 5.51 Å². The molecule has 0 radical (unpaired) electrons. The molecular formula is C10H10F3NO2S. The summed E-state index contributed by atoms with van der Waals surface area (Å²) in [6.45, 7) is 0. The Morgan fingerprint density at radius 1 is 1.18 bits per heavy atom. The van der Waals surface area contributed by atoms with Crippen molar-refractivity contribution in [3.63, 3.8) is 0 Å². The van der Waals surface area contributed by atoms with Crippen LogP contribution in [0, 0.1) is 0 Å². The zero-order valence-corrected chi connectivity index (χ0v) is 9.48. The predicted molar refractivity (Wildman–Crippen MR) is 56.3 cm³/mol. The minimum Gasteiger partial charge on any atom is -0.381 e. The zero-order chi connectivity index (χ0) is 12.7. The normalized spacial score (nSPS) is 16.9. The Bertz CT molecular complexity index is 521. The van der Waals surface area contributed by atoms with Gasteiger partial charge in [-0.25, -0.2) is 8.42 Å². The molecule has 2 rings (SSSR count). The van der Waals surface area contributed by atoms with Crippen LogP contribution in [0.15, 0.2) is 29.2 Å². The van der Waals surface area contributed by atoms with Gasteiger partial charge in [-0.3, -0.25) is 0 Å². The lowest BCUT2D eigenvalue weighted by Crippen LogP contribution is -2.24. The van der Waals surface area contributed by atoms with Crippen LogP contribution in [0.5, 0.6) is 0 Å². The van der Waals surface area contributed by atoms with Crippen LogP contribution in [0.3, 0.4) is 0 Å². The fraction of sp³-hybridized carbons (Fsp3) is 0.400. The van der Waals surface area contributed by atoms with Crippen LogP contribution in [-0.4, -0.2) is 20.0 Å². The Morgan fingerprint density at radius 3 is 2.29 bits per heavy atom. The fourth-order valence-corrected chi connectivity index (χ4v) is 2.32. The molecule has 0 spiro atoms. The van der Waals surface area contributed by atoms with Gasteiger partial charge in [-0.1, -0.05) is 12.1 Å². The second-order valence-electron chi connectivity index (χ2n) is 3.86. The molecule has 0 aromatic heterocycles. The smallest absolute Gasteiger partial charge is 0.381 e. The topological polar surface area (TPSA) is 46.2 Å². The molecule has 94 valence electrons. The lowest BCUT2D eigenvalue weighted by atomic mass is 10.3. The summed E-state index contributed by atoms with van der Waals surface area (Å²) in [5.74, 6) is 0. The van der Waals surface area contributed by atoms with Crippen LogP contribution < -0.4 is 5.32 Å². The molecule has 1 aliphatic carbocycles. The molecular weight excluding hydrogens is 255 g/mol. The lowest BCUT2D eigenvalue weighted by Gasteiger charge is -2.13. The van der Waals surface area contributed by atoms with E-state index in [2.05, 4.69) is 5.32 Å². The van der Waals surface area contributed by atoms with E-state index in [9.17, 15) is 21.6 Å². The van der Waals surface area contributed by atoms with Crippen molar-refractivity contribution in [3.05, 3.63) is 24.3 Å². The van der Waals surface area contributed by atoms with Gasteiger partial charge in [0.15, 0.2) is 0 Å². The molecule has 3 nitrogen and oxygen atoms in total. The van der Waals surface area contributed by atoms with Crippen molar-refractivity contribution in [1.82, 2.24) is 0 Å². The summed E-state index contributed by atoms with van der Waals surface area (Å²) in [5.41, 5.74) is -5.25. The van der Waals surface area contributed by atoms with Gasteiger partial charge in [-0.15, -0.1) is 0 Å². The molecule has 1 fully saturated rings. The Labute approximate surface area is 96.6 Å². The standard InChI is InChI=1S/C10H10F3NO2S/c11-10(12,13)17(15,16)9-4-2-1-3-8(9)14-7-5-6-7/h1-4,7,14H,5-6H2. The van der Waals surface area contributed by atoms with Crippen molar-refractivity contribution in [1.29, 1.82) is 0 Å². The van der Waals surface area contributed by atoms with E-state index in [-0.39, 0.29) is 11.7 Å². The van der Waals surface area contributed by atoms with Gasteiger partial charge in [0, 0.05) is 6.04 Å². The first-order valence-electron chi connectivity index (χ1n) is 4.99. The third-order valence-electron chi connectivity index (χ3n) is 2.42. The first-order chi connectivity index (χ1) is 7.82. The summed E-state index contributed by atoms with van der Waals surface area (Å²) in [6, 6.07) is 5.17. The van der Waals surface area contributed by atoms with Crippen molar-refractivity contribution in [2.75, 3.05) is 5.32 Å². The molecule has 1 aromatic rings. The Morgan fingerprint density at radius 2 is 1.76 bits per heavy atom. The van der Waals surface area contributed by atoms with Gasteiger partial charge in [-0.2, -0.15) is 13.2 Å². The van der Waals surface area contributed by atoms with Gasteiger partial charge in [-0.05, 0) is 25.0 Å². The minimum absolute atomic E-state index is 0.0207. The molecule has 0 amide bonds. The maximum absolute atomic E-state index is 12.4. The van der Waals surface area contributed by atoms with Crippen LogP contribution in [0.4, 0.5) is 18.9 Å². The third kappa shape index (κ3) is 2.38. The average molecular weight is 265 g/mol. The number of hydrogen-bond acceptors (Lipinski definition) is 3. The molecule has 0 saturated heterocycles. The predicted octanol–water partition coefficient (Wildman–Crippen LogP) is 2.55. The highest BCUT2D eigenvalue weighted by molar-refractivity contribution is 7.92. The van der Waals surface area contributed by atoms with E-state index in [1.54, 1.807) is 0 Å². The van der Waals surface area contributed by atoms with E-state index < -0.39 is 20.2 Å². The summed E-state index contributed by atoms with van der Waals surface area (Å²) < 4.78 is 59.9. The molecule has 1 saturated carbocycles. The third-order valence-corrected chi connectivity index (χ3v) is 3.96. The Balaban J connectivity index is 2.44. The number of sulfone groups is 1. The highest BCUT2D eigenvalue weighted by Crippen LogP contribution is 2.36. The van der Waals surface area contributed by atoms with Crippen molar-refractivity contribution in [2.24, 2.45) is 0 Å². The summed E-state index contributed by atoms with van der Waals surface area (Å²) in [5, 5.41) is 2.78. The number of alkyl halides is 3. The minimum atomic E-state index is -5.29. The molecule has 1 aromatic carbocycles. The van der Waals surface area contributed by atoms with E-state index in [1.807, 2.05) is 0 Å². The number of para-hydroxylation sites is 1. The quantitative estimate of drug-likeness (QED) is 0.913. The van der Waals surface area contributed by atoms with Gasteiger partial charge in [0.25, 0.3) is 9.84 Å². The molecule has 0 heterocycles. The molecule has 1 aliphatic rings. The van der Waals surface area contributed by atoms with Crippen LogP contribution in [-0.2, 0) is 9.84 Å². The Hall–Kier alpha value is -1.24. The van der Waals surface area contributed by atoms with Crippen molar-refractivity contribution in [2.45, 2.75) is 29.3 Å². The lowest BCUT2D eigenvalue weighted by molar-refractivity contribution is -0.0435. The monoisotopic (exact) mass is 265 g/mol. The van der Waals surface area contributed by atoms with Gasteiger partial charge in [0.2, 0.25) is 0 Å². The van der Waals surface area contributed by atoms with Gasteiger partial charge < -0.3 is 5.32 Å². The van der Waals surface area contributed by atoms with Crippen molar-refractivity contribution >= 4 is 15.5 Å². The summed E-state index contributed by atoms with van der Waals surface area (Å²) in [6.07, 6.45) is 1.70. The average Bonchev–Trinajstić information content (AvgIpc) is 3.00. The maximum Gasteiger partial charge on any atom is 0.501 e. The van der Waals surface area contributed by atoms with E-state index in [1.165, 1.54) is 18.2 Å². The van der Waals surface area contributed by atoms with E-state index >= 15 is 0 Å². The highest BCUT2D eigenvalue weighted by atomic mass is 32.2. The molecule has 0 unspecified atom stereocenters. The molecule has 7 heteroatoms. The van der Waals surface area contributed by atoms with Crippen LogP contribution >= 0.6 is 0 Å². The number of nitrogens with one attached hydrogen (secondary N) is 1. The van der Waals surface area contributed by atoms with Gasteiger partial charge in [0.05, 0.1) is 10.6 Å². The SMILES string of the molecule is O=S(=O)(c1ccccc1NC1CC1)C(F)(F)F. The first kappa shape index (κ1) is 12.2. The van der Waals surface area contributed by atoms with E-state index in [0.717, 1.165) is 18.9 Å². The molecule has 1 N–H and O–H groups in total. The summed E-state index contributed by atoms with van der Waals surface area (Å²) >= 11 is 0. The number of hydrogen-bond donors (Lipinski definition) is 1. The fourth-order valence-electron chi connectivity index (χ4n) is 1.39. The number of anilines is 1. The number of halogens is 3. The molecule has 17 heavy (non-hydrogen) atoms. The maximum atomic E-state index is 12.4. The second kappa shape index (κ2) is 3.90. The van der Waals surface area contributed by atoms with Gasteiger partial charge in [0.1, 0.15) is 0 Å². The summed E-state index contributed by atoms with van der Waals surface area (Å²) in [4.78, 5) is -0.709. The first-order valence-corrected chi connectivity index (χ1v) is 6.47. The van der Waals surface area contributed by atoms with E-state index in [4.69, 9.17) is 0 Å². The summed E-state index contributed by atoms with van der Waals surface area (Å²) in [7, 11) is -5.29. The largest absolute Gasteiger partial charge is 0.501 e. The second-order valence-corrected chi connectivity index (χ2v) is 5.77. The van der Waals surface area contributed by atoms with Crippen LogP contribution in [0.1, 0.15) is 12.8 Å². The molecule has 0 bridgehead atoms. The van der Waals surface area contributed by atoms with E-state index in [0.29, 0.717) is 0 Å².